The lowest BCUT2D eigenvalue weighted by Crippen LogP contribution is -2.10. The molecule has 0 aliphatic carbocycles. The van der Waals surface area contributed by atoms with Crippen LogP contribution < -0.4 is 10.5 Å². The van der Waals surface area contributed by atoms with Crippen molar-refractivity contribution in [2.24, 2.45) is 0 Å². The van der Waals surface area contributed by atoms with Crippen LogP contribution in [0.2, 0.25) is 0 Å². The average molecular weight is 369 g/mol. The quantitative estimate of drug-likeness (QED) is 0.638. The second kappa shape index (κ2) is 8.03. The molecular formula is C19H23N5O3. The number of para-hydroxylation sites is 1. The van der Waals surface area contributed by atoms with Crippen molar-refractivity contribution in [1.82, 2.24) is 19.6 Å². The predicted molar refractivity (Wildman–Crippen MR) is 100 cm³/mol. The number of nitrogen functional groups attached to an aromatic ring is 1. The van der Waals surface area contributed by atoms with Gasteiger partial charge in [-0.2, -0.15) is 9.50 Å². The van der Waals surface area contributed by atoms with Gasteiger partial charge in [0.1, 0.15) is 12.4 Å². The fourth-order valence-corrected chi connectivity index (χ4v) is 2.96. The summed E-state index contributed by atoms with van der Waals surface area (Å²) in [6.45, 7) is 6.46. The van der Waals surface area contributed by atoms with Gasteiger partial charge in [-0.3, -0.25) is 4.79 Å². The van der Waals surface area contributed by atoms with Crippen LogP contribution >= 0.6 is 0 Å². The summed E-state index contributed by atoms with van der Waals surface area (Å²) in [5, 5.41) is 4.14. The van der Waals surface area contributed by atoms with Crippen LogP contribution in [-0.2, 0) is 22.6 Å². The first-order valence-electron chi connectivity index (χ1n) is 8.84. The molecule has 0 saturated heterocycles. The molecule has 3 rings (SSSR count). The number of nitrogens with two attached hydrogens (primary N) is 1. The summed E-state index contributed by atoms with van der Waals surface area (Å²) >= 11 is 0. The lowest BCUT2D eigenvalue weighted by molar-refractivity contribution is -0.144. The minimum absolute atomic E-state index is 0.175. The van der Waals surface area contributed by atoms with E-state index < -0.39 is 0 Å². The Hall–Kier alpha value is -3.16. The molecule has 142 valence electrons. The van der Waals surface area contributed by atoms with Gasteiger partial charge in [-0.15, -0.1) is 5.10 Å². The number of aromatic nitrogens is 4. The van der Waals surface area contributed by atoms with E-state index in [4.69, 9.17) is 15.2 Å². The van der Waals surface area contributed by atoms with Crippen molar-refractivity contribution in [3.05, 3.63) is 46.8 Å². The molecule has 8 heteroatoms. The molecular weight excluding hydrogens is 346 g/mol. The van der Waals surface area contributed by atoms with Gasteiger partial charge in [-0.25, -0.2) is 4.98 Å². The summed E-state index contributed by atoms with van der Waals surface area (Å²) in [6, 6.07) is 7.54. The first-order chi connectivity index (χ1) is 13.0. The van der Waals surface area contributed by atoms with E-state index in [1.54, 1.807) is 4.52 Å². The zero-order valence-corrected chi connectivity index (χ0v) is 15.7. The Bertz CT molecular complexity index is 967. The van der Waals surface area contributed by atoms with E-state index in [1.165, 1.54) is 0 Å². The third-order valence-corrected chi connectivity index (χ3v) is 4.31. The molecule has 0 bridgehead atoms. The molecule has 2 N–H and O–H groups in total. The van der Waals surface area contributed by atoms with E-state index in [2.05, 4.69) is 15.1 Å². The van der Waals surface area contributed by atoms with Gasteiger partial charge in [0.05, 0.1) is 6.61 Å². The van der Waals surface area contributed by atoms with E-state index in [9.17, 15) is 4.79 Å². The van der Waals surface area contributed by atoms with Gasteiger partial charge in [0.2, 0.25) is 5.95 Å². The van der Waals surface area contributed by atoms with Gasteiger partial charge in [-0.1, -0.05) is 18.2 Å². The number of nitrogens with zero attached hydrogens (tertiary/aromatic N) is 4. The van der Waals surface area contributed by atoms with E-state index in [0.717, 1.165) is 28.3 Å². The molecule has 3 aromatic rings. The number of fused-ring (bicyclic) bond motifs is 1. The summed E-state index contributed by atoms with van der Waals surface area (Å²) in [7, 11) is 0. The average Bonchev–Trinajstić information content (AvgIpc) is 3.01. The highest BCUT2D eigenvalue weighted by Gasteiger charge is 2.14. The highest BCUT2D eigenvalue weighted by atomic mass is 16.5. The minimum atomic E-state index is -0.279. The smallest absolute Gasteiger partial charge is 0.306 e. The van der Waals surface area contributed by atoms with Crippen molar-refractivity contribution >= 4 is 17.7 Å². The second-order valence-electron chi connectivity index (χ2n) is 6.14. The van der Waals surface area contributed by atoms with Crippen molar-refractivity contribution in [2.45, 2.75) is 40.2 Å². The largest absolute Gasteiger partial charge is 0.493 e. The SMILES string of the molecule is CCOc1ccccc1COC(=O)CCc1c(C)nc2nc(N)nn2c1C. The standard InChI is InChI=1S/C19H23N5O3/c1-4-26-16-8-6-5-7-14(16)11-27-17(25)10-9-15-12(2)21-19-22-18(20)23-24(19)13(15)3/h5-8H,4,9-11H2,1-3H3,(H2,20,23). The highest BCUT2D eigenvalue weighted by Crippen LogP contribution is 2.20. The molecule has 0 spiro atoms. The van der Waals surface area contributed by atoms with Gasteiger partial charge in [0, 0.05) is 23.4 Å². The van der Waals surface area contributed by atoms with Crippen molar-refractivity contribution < 1.29 is 14.3 Å². The number of ether oxygens (including phenoxy) is 2. The first kappa shape index (κ1) is 18.6. The number of hydrogen-bond acceptors (Lipinski definition) is 7. The summed E-state index contributed by atoms with van der Waals surface area (Å²) in [5.74, 6) is 1.09. The Balaban J connectivity index is 1.64. The predicted octanol–water partition coefficient (Wildman–Crippen LogP) is 2.40. The van der Waals surface area contributed by atoms with Crippen molar-refractivity contribution in [3.8, 4) is 5.75 Å². The number of carbonyl (C=O) groups is 1. The molecule has 0 saturated carbocycles. The maximum absolute atomic E-state index is 12.2. The number of hydrogen-bond donors (Lipinski definition) is 1. The van der Waals surface area contributed by atoms with Gasteiger partial charge in [0.25, 0.3) is 5.78 Å². The molecule has 1 aromatic carbocycles. The Labute approximate surface area is 157 Å². The molecule has 0 atom stereocenters. The number of benzene rings is 1. The molecule has 27 heavy (non-hydrogen) atoms. The maximum Gasteiger partial charge on any atom is 0.306 e. The lowest BCUT2D eigenvalue weighted by atomic mass is 10.1. The van der Waals surface area contributed by atoms with Gasteiger partial charge in [0.15, 0.2) is 0 Å². The Morgan fingerprint density at radius 3 is 2.78 bits per heavy atom. The summed E-state index contributed by atoms with van der Waals surface area (Å²) in [5.41, 5.74) is 9.11. The lowest BCUT2D eigenvalue weighted by Gasteiger charge is -2.12. The van der Waals surface area contributed by atoms with Crippen LogP contribution in [-0.4, -0.2) is 32.2 Å². The van der Waals surface area contributed by atoms with Crippen LogP contribution in [0.5, 0.6) is 5.75 Å². The Morgan fingerprint density at radius 2 is 2.00 bits per heavy atom. The molecule has 2 aromatic heterocycles. The third-order valence-electron chi connectivity index (χ3n) is 4.31. The van der Waals surface area contributed by atoms with E-state index >= 15 is 0 Å². The van der Waals surface area contributed by atoms with Crippen molar-refractivity contribution in [3.63, 3.8) is 0 Å². The molecule has 0 fully saturated rings. The highest BCUT2D eigenvalue weighted by molar-refractivity contribution is 5.70. The fourth-order valence-electron chi connectivity index (χ4n) is 2.96. The van der Waals surface area contributed by atoms with Crippen LogP contribution in [0.1, 0.15) is 35.9 Å². The van der Waals surface area contributed by atoms with Crippen molar-refractivity contribution in [2.75, 3.05) is 12.3 Å². The fraction of sp³-hybridized carbons (Fsp3) is 0.368. The summed E-state index contributed by atoms with van der Waals surface area (Å²) in [4.78, 5) is 20.7. The van der Waals surface area contributed by atoms with Crippen molar-refractivity contribution in [1.29, 1.82) is 0 Å². The third kappa shape index (κ3) is 4.16. The molecule has 0 aliphatic rings. The summed E-state index contributed by atoms with van der Waals surface area (Å²) in [6.07, 6.45) is 0.752. The van der Waals surface area contributed by atoms with Crippen LogP contribution in [0.25, 0.3) is 5.78 Å². The first-order valence-corrected chi connectivity index (χ1v) is 8.84. The van der Waals surface area contributed by atoms with Gasteiger partial charge < -0.3 is 15.2 Å². The number of carbonyl (C=O) groups excluding carboxylic acids is 1. The Morgan fingerprint density at radius 1 is 1.22 bits per heavy atom. The number of aryl methyl sites for hydroxylation is 2. The topological polar surface area (TPSA) is 105 Å². The summed E-state index contributed by atoms with van der Waals surface area (Å²) < 4.78 is 12.6. The maximum atomic E-state index is 12.2. The van der Waals surface area contributed by atoms with Crippen LogP contribution in [0.4, 0.5) is 5.95 Å². The number of rotatable bonds is 7. The van der Waals surface area contributed by atoms with E-state index in [0.29, 0.717) is 18.8 Å². The molecule has 2 heterocycles. The molecule has 0 unspecified atom stereocenters. The van der Waals surface area contributed by atoms with Gasteiger partial charge >= 0.3 is 5.97 Å². The molecule has 0 aliphatic heterocycles. The van der Waals surface area contributed by atoms with Crippen LogP contribution in [0.3, 0.4) is 0 Å². The van der Waals surface area contributed by atoms with Crippen LogP contribution in [0.15, 0.2) is 24.3 Å². The minimum Gasteiger partial charge on any atom is -0.493 e. The second-order valence-corrected chi connectivity index (χ2v) is 6.14. The van der Waals surface area contributed by atoms with E-state index in [1.807, 2.05) is 45.0 Å². The zero-order chi connectivity index (χ0) is 19.4. The molecule has 0 amide bonds. The zero-order valence-electron chi connectivity index (χ0n) is 15.7. The van der Waals surface area contributed by atoms with Crippen LogP contribution in [0, 0.1) is 13.8 Å². The van der Waals surface area contributed by atoms with Gasteiger partial charge in [-0.05, 0) is 38.8 Å². The normalized spacial score (nSPS) is 10.9. The number of esters is 1. The monoisotopic (exact) mass is 369 g/mol. The molecule has 0 radical (unpaired) electrons. The Kier molecular flexibility index (Phi) is 5.54. The van der Waals surface area contributed by atoms with E-state index in [-0.39, 0.29) is 24.9 Å². The molecule has 8 nitrogen and oxygen atoms in total. The number of anilines is 1.